The summed E-state index contributed by atoms with van der Waals surface area (Å²) in [4.78, 5) is 18.6. The van der Waals surface area contributed by atoms with Gasteiger partial charge in [-0.2, -0.15) is 5.10 Å². The number of rotatable bonds is 2. The third kappa shape index (κ3) is 2.31. The van der Waals surface area contributed by atoms with E-state index in [9.17, 15) is 4.79 Å². The highest BCUT2D eigenvalue weighted by molar-refractivity contribution is 7.10. The van der Waals surface area contributed by atoms with E-state index in [-0.39, 0.29) is 11.7 Å². The van der Waals surface area contributed by atoms with Crippen molar-refractivity contribution in [1.82, 2.24) is 14.6 Å². The molecule has 1 aliphatic rings. The van der Waals surface area contributed by atoms with E-state index in [1.54, 1.807) is 17.5 Å². The Bertz CT molecular complexity index is 1110. The van der Waals surface area contributed by atoms with Crippen LogP contribution in [0.15, 0.2) is 54.0 Å². The van der Waals surface area contributed by atoms with Gasteiger partial charge in [0.1, 0.15) is 0 Å². The first-order valence-corrected chi connectivity index (χ1v) is 9.59. The number of nitrogens with zero attached hydrogens (tertiary/aromatic N) is 3. The SMILES string of the molecule is Cc1nn2c3c(cnc2c1-c1ccccc1)C(=O)C[C@@H](c1cccs1)C3. The zero-order chi connectivity index (χ0) is 17.7. The molecule has 3 aromatic heterocycles. The average Bonchev–Trinajstić information content (AvgIpc) is 3.29. The van der Waals surface area contributed by atoms with Crippen LogP contribution in [-0.2, 0) is 6.42 Å². The highest BCUT2D eigenvalue weighted by atomic mass is 32.1. The second-order valence-corrected chi connectivity index (χ2v) is 7.70. The topological polar surface area (TPSA) is 47.3 Å². The molecule has 3 heterocycles. The number of aryl methyl sites for hydroxylation is 1. The molecule has 0 amide bonds. The van der Waals surface area contributed by atoms with Gasteiger partial charge in [0.15, 0.2) is 11.4 Å². The molecular weight excluding hydrogens is 342 g/mol. The van der Waals surface area contributed by atoms with Crippen LogP contribution in [-0.4, -0.2) is 20.4 Å². The summed E-state index contributed by atoms with van der Waals surface area (Å²) in [5, 5.41) is 6.83. The summed E-state index contributed by atoms with van der Waals surface area (Å²) >= 11 is 1.72. The van der Waals surface area contributed by atoms with Crippen molar-refractivity contribution in [3.8, 4) is 11.1 Å². The number of hydrogen-bond donors (Lipinski definition) is 0. The quantitative estimate of drug-likeness (QED) is 0.522. The minimum atomic E-state index is 0.161. The predicted octanol–water partition coefficient (Wildman–Crippen LogP) is 4.68. The molecule has 5 heteroatoms. The number of thiophene rings is 1. The van der Waals surface area contributed by atoms with Crippen LogP contribution in [0.1, 0.15) is 39.0 Å². The van der Waals surface area contributed by atoms with E-state index >= 15 is 0 Å². The van der Waals surface area contributed by atoms with Gasteiger partial charge < -0.3 is 0 Å². The number of ketones is 1. The Kier molecular flexibility index (Phi) is 3.50. The Morgan fingerprint density at radius 1 is 1.12 bits per heavy atom. The first-order chi connectivity index (χ1) is 12.7. The van der Waals surface area contributed by atoms with Gasteiger partial charge in [-0.05, 0) is 30.4 Å². The fourth-order valence-corrected chi connectivity index (χ4v) is 4.70. The first-order valence-electron chi connectivity index (χ1n) is 8.71. The van der Waals surface area contributed by atoms with Crippen molar-refractivity contribution in [2.24, 2.45) is 0 Å². The number of carbonyl (C=O) groups is 1. The minimum Gasteiger partial charge on any atom is -0.294 e. The van der Waals surface area contributed by atoms with Gasteiger partial charge in [0.25, 0.3) is 0 Å². The molecule has 26 heavy (non-hydrogen) atoms. The summed E-state index contributed by atoms with van der Waals surface area (Å²) in [6, 6.07) is 14.4. The lowest BCUT2D eigenvalue weighted by atomic mass is 9.85. The first kappa shape index (κ1) is 15.5. The second kappa shape index (κ2) is 5.88. The predicted molar refractivity (Wildman–Crippen MR) is 103 cm³/mol. The van der Waals surface area contributed by atoms with Crippen LogP contribution >= 0.6 is 11.3 Å². The normalized spacial score (nSPS) is 16.8. The summed E-state index contributed by atoms with van der Waals surface area (Å²) in [6.45, 7) is 2.00. The molecule has 5 rings (SSSR count). The van der Waals surface area contributed by atoms with Crippen molar-refractivity contribution in [3.05, 3.63) is 75.9 Å². The van der Waals surface area contributed by atoms with E-state index in [4.69, 9.17) is 5.10 Å². The fourth-order valence-electron chi connectivity index (χ4n) is 3.87. The van der Waals surface area contributed by atoms with Crippen LogP contribution in [0.25, 0.3) is 16.8 Å². The summed E-state index contributed by atoms with van der Waals surface area (Å²) < 4.78 is 1.89. The van der Waals surface area contributed by atoms with Crippen molar-refractivity contribution >= 4 is 22.8 Å². The molecule has 1 aromatic carbocycles. The van der Waals surface area contributed by atoms with Crippen LogP contribution in [0.4, 0.5) is 0 Å². The number of carbonyl (C=O) groups excluding carboxylic acids is 1. The summed E-state index contributed by atoms with van der Waals surface area (Å²) in [5.41, 5.74) is 5.60. The molecule has 1 atom stereocenters. The van der Waals surface area contributed by atoms with Crippen molar-refractivity contribution in [3.63, 3.8) is 0 Å². The highest BCUT2D eigenvalue weighted by Crippen LogP contribution is 2.36. The molecule has 0 radical (unpaired) electrons. The van der Waals surface area contributed by atoms with Crippen LogP contribution in [0.5, 0.6) is 0 Å². The molecule has 0 aliphatic heterocycles. The number of benzene rings is 1. The van der Waals surface area contributed by atoms with E-state index in [1.807, 2.05) is 35.7 Å². The molecule has 0 spiro atoms. The minimum absolute atomic E-state index is 0.161. The molecule has 0 bridgehead atoms. The zero-order valence-corrected chi connectivity index (χ0v) is 15.2. The zero-order valence-electron chi connectivity index (χ0n) is 14.3. The number of fused-ring (bicyclic) bond motifs is 3. The Hall–Kier alpha value is -2.79. The van der Waals surface area contributed by atoms with E-state index in [0.29, 0.717) is 12.0 Å². The van der Waals surface area contributed by atoms with Crippen LogP contribution in [0, 0.1) is 6.92 Å². The summed E-state index contributed by atoms with van der Waals surface area (Å²) in [6.07, 6.45) is 3.10. The maximum Gasteiger partial charge on any atom is 0.166 e. The van der Waals surface area contributed by atoms with Gasteiger partial charge in [-0.15, -0.1) is 11.3 Å². The maximum absolute atomic E-state index is 12.7. The van der Waals surface area contributed by atoms with Crippen LogP contribution in [0.2, 0.25) is 0 Å². The van der Waals surface area contributed by atoms with Gasteiger partial charge in [-0.3, -0.25) is 4.79 Å². The average molecular weight is 359 g/mol. The molecule has 0 unspecified atom stereocenters. The van der Waals surface area contributed by atoms with E-state index in [2.05, 4.69) is 28.6 Å². The van der Waals surface area contributed by atoms with Gasteiger partial charge in [0.05, 0.1) is 17.0 Å². The molecule has 4 aromatic rings. The molecule has 0 saturated heterocycles. The van der Waals surface area contributed by atoms with Gasteiger partial charge in [0.2, 0.25) is 0 Å². The van der Waals surface area contributed by atoms with Gasteiger partial charge >= 0.3 is 0 Å². The van der Waals surface area contributed by atoms with Gasteiger partial charge in [-0.25, -0.2) is 9.50 Å². The van der Waals surface area contributed by atoms with Crippen LogP contribution < -0.4 is 0 Å². The largest absolute Gasteiger partial charge is 0.294 e. The third-order valence-corrected chi connectivity index (χ3v) is 6.13. The Morgan fingerprint density at radius 2 is 1.96 bits per heavy atom. The standard InChI is InChI=1S/C21H17N3OS/c1-13-20(14-6-3-2-4-7-14)21-22-12-16-17(24(21)23-13)10-15(11-18(16)25)19-8-5-9-26-19/h2-9,12,15H,10-11H2,1H3/t15-/m0/s1. The lowest BCUT2D eigenvalue weighted by Gasteiger charge is -2.23. The summed E-state index contributed by atoms with van der Waals surface area (Å²) in [7, 11) is 0. The number of aromatic nitrogens is 3. The van der Waals surface area contributed by atoms with Crippen molar-refractivity contribution in [2.45, 2.75) is 25.7 Å². The van der Waals surface area contributed by atoms with Crippen molar-refractivity contribution in [1.29, 1.82) is 0 Å². The van der Waals surface area contributed by atoms with E-state index < -0.39 is 0 Å². The Labute approximate surface area is 155 Å². The maximum atomic E-state index is 12.7. The van der Waals surface area contributed by atoms with Crippen LogP contribution in [0.3, 0.4) is 0 Å². The number of hydrogen-bond acceptors (Lipinski definition) is 4. The third-order valence-electron chi connectivity index (χ3n) is 5.10. The van der Waals surface area contributed by atoms with Gasteiger partial charge in [-0.1, -0.05) is 36.4 Å². The Morgan fingerprint density at radius 3 is 2.73 bits per heavy atom. The number of Topliss-reactive ketones (excluding diaryl/α,β-unsaturated/α-hetero) is 1. The molecule has 128 valence electrons. The van der Waals surface area contributed by atoms with E-state index in [0.717, 1.165) is 34.6 Å². The molecule has 0 saturated carbocycles. The lowest BCUT2D eigenvalue weighted by Crippen LogP contribution is -2.22. The second-order valence-electron chi connectivity index (χ2n) is 6.72. The Balaban J connectivity index is 1.70. The molecule has 0 fully saturated rings. The smallest absolute Gasteiger partial charge is 0.166 e. The molecule has 4 nitrogen and oxygen atoms in total. The van der Waals surface area contributed by atoms with Crippen molar-refractivity contribution < 1.29 is 4.79 Å². The molecule has 1 aliphatic carbocycles. The molecule has 0 N–H and O–H groups in total. The lowest BCUT2D eigenvalue weighted by molar-refractivity contribution is 0.0962. The summed E-state index contributed by atoms with van der Waals surface area (Å²) in [5.74, 6) is 0.388. The van der Waals surface area contributed by atoms with E-state index in [1.165, 1.54) is 4.88 Å². The molecular formula is C21H17N3OS. The monoisotopic (exact) mass is 359 g/mol. The highest BCUT2D eigenvalue weighted by Gasteiger charge is 2.30. The van der Waals surface area contributed by atoms with Crippen molar-refractivity contribution in [2.75, 3.05) is 0 Å². The van der Waals surface area contributed by atoms with Gasteiger partial charge in [0, 0.05) is 29.0 Å². The fraction of sp³-hybridized carbons (Fsp3) is 0.190.